The van der Waals surface area contributed by atoms with E-state index in [9.17, 15) is 0 Å². The van der Waals surface area contributed by atoms with E-state index in [-0.39, 0.29) is 81.4 Å². The Morgan fingerprint density at radius 3 is 1.07 bits per heavy atom. The van der Waals surface area contributed by atoms with E-state index in [1.54, 1.807) is 0 Å². The van der Waals surface area contributed by atoms with Gasteiger partial charge in [0.05, 0.1) is 0 Å². The second kappa shape index (κ2) is 15.7. The largest absolute Gasteiger partial charge is 2.00 e. The molecule has 244 valence electrons. The summed E-state index contributed by atoms with van der Waals surface area (Å²) >= 11 is 0. The van der Waals surface area contributed by atoms with E-state index >= 15 is 0 Å². The van der Waals surface area contributed by atoms with E-state index in [4.69, 9.17) is 24.7 Å². The van der Waals surface area contributed by atoms with E-state index < -0.39 is 0 Å². The molecule has 1 saturated heterocycles. The van der Waals surface area contributed by atoms with Gasteiger partial charge in [-0.1, -0.05) is 166 Å². The van der Waals surface area contributed by atoms with Crippen LogP contribution in [0.15, 0.2) is 0 Å². The van der Waals surface area contributed by atoms with Crippen LogP contribution in [-0.2, 0) is 37.2 Å². The molecule has 2 aromatic rings. The fourth-order valence-corrected chi connectivity index (χ4v) is 4.35. The summed E-state index contributed by atoms with van der Waals surface area (Å²) in [4.78, 5) is 19.5. The summed E-state index contributed by atoms with van der Waals surface area (Å²) in [5.41, 5.74) is 4.97. The fourth-order valence-electron chi connectivity index (χ4n) is 4.35. The van der Waals surface area contributed by atoms with Crippen molar-refractivity contribution >= 4 is 48.9 Å². The Labute approximate surface area is 307 Å². The van der Waals surface area contributed by atoms with E-state index in [2.05, 4.69) is 132 Å². The van der Waals surface area contributed by atoms with Crippen molar-refractivity contribution in [2.75, 3.05) is 13.2 Å². The second-order valence-electron chi connectivity index (χ2n) is 17.9. The molecule has 0 aromatic carbocycles. The van der Waals surface area contributed by atoms with Gasteiger partial charge in [0.15, 0.2) is 0 Å². The number of nitrogens with zero attached hydrogens (tertiary/aromatic N) is 4. The molecule has 3 rings (SSSR count). The molecule has 5 nitrogen and oxygen atoms in total. The molecule has 0 aliphatic carbocycles. The number of ether oxygens (including phenoxy) is 1. The van der Waals surface area contributed by atoms with Crippen LogP contribution in [0, 0.1) is 5.92 Å². The molecule has 6 heteroatoms. The van der Waals surface area contributed by atoms with Crippen LogP contribution in [0.5, 0.6) is 0 Å². The molecule has 0 spiro atoms. The number of aromatic nitrogens is 4. The molecule has 1 atom stereocenters. The Bertz CT molecular complexity index is 960. The zero-order valence-corrected chi connectivity index (χ0v) is 36.5. The zero-order valence-electron chi connectivity index (χ0n) is 32.0. The Kier molecular flexibility index (Phi) is 15.7. The fraction of sp³-hybridized carbons (Fsp3) is 0.838. The zero-order chi connectivity index (χ0) is 33.1. The summed E-state index contributed by atoms with van der Waals surface area (Å²) in [5.74, 6) is 2.82. The van der Waals surface area contributed by atoms with Crippen molar-refractivity contribution in [3.05, 3.63) is 34.4 Å². The summed E-state index contributed by atoms with van der Waals surface area (Å²) in [6.07, 6.45) is 3.38. The molecule has 1 aliphatic rings. The van der Waals surface area contributed by atoms with Crippen molar-refractivity contribution < 1.29 is 4.74 Å². The minimum atomic E-state index is 0. The van der Waals surface area contributed by atoms with Crippen LogP contribution < -0.4 is 9.97 Å². The molecule has 1 fully saturated rings. The number of rotatable bonds is 4. The Balaban J connectivity index is 0.000000673. The van der Waals surface area contributed by atoms with E-state index in [1.807, 2.05) is 0 Å². The predicted molar refractivity (Wildman–Crippen MR) is 187 cm³/mol. The van der Waals surface area contributed by atoms with E-state index in [1.165, 1.54) is 6.42 Å². The van der Waals surface area contributed by atoms with Gasteiger partial charge in [-0.3, -0.25) is 0 Å². The first-order valence-electron chi connectivity index (χ1n) is 16.4. The third kappa shape index (κ3) is 12.6. The number of imidazole rings is 2. The standard InChI is InChI=1S/2C16H29N2.C5H10O.Ba/c2*1-10-16(8,9)13-17-11(14(2,3)4)12(18-13)15(5,6)7;1-5-2-3-6-4-5;/h2*10H2,1-9H3;5H,2-4H2,1H3;/q2*-1;;+2. The van der Waals surface area contributed by atoms with Gasteiger partial charge in [0.1, 0.15) is 0 Å². The van der Waals surface area contributed by atoms with Crippen LogP contribution >= 0.6 is 0 Å². The van der Waals surface area contributed by atoms with Crippen molar-refractivity contribution in [3.8, 4) is 0 Å². The molecule has 2 aromatic heterocycles. The van der Waals surface area contributed by atoms with Crippen molar-refractivity contribution in [1.82, 2.24) is 19.9 Å². The third-order valence-electron chi connectivity index (χ3n) is 8.30. The van der Waals surface area contributed by atoms with Gasteiger partial charge in [-0.2, -0.15) is 0 Å². The average molecular weight is 722 g/mol. The van der Waals surface area contributed by atoms with Gasteiger partial charge < -0.3 is 24.7 Å². The van der Waals surface area contributed by atoms with Crippen molar-refractivity contribution in [1.29, 1.82) is 0 Å². The third-order valence-corrected chi connectivity index (χ3v) is 8.30. The van der Waals surface area contributed by atoms with Crippen LogP contribution in [-0.4, -0.2) is 72.1 Å². The van der Waals surface area contributed by atoms with Crippen LogP contribution in [0.2, 0.25) is 0 Å². The molecule has 1 aliphatic heterocycles. The summed E-state index contributed by atoms with van der Waals surface area (Å²) in [7, 11) is 0. The molecular weight excluding hydrogens is 654 g/mol. The Morgan fingerprint density at radius 1 is 0.605 bits per heavy atom. The maximum atomic E-state index is 5.06. The van der Waals surface area contributed by atoms with Gasteiger partial charge in [-0.25, -0.2) is 0 Å². The average Bonchev–Trinajstić information content (AvgIpc) is 3.57. The van der Waals surface area contributed by atoms with E-state index in [0.717, 1.165) is 66.4 Å². The first kappa shape index (κ1) is 43.0. The van der Waals surface area contributed by atoms with Gasteiger partial charge in [-0.15, -0.1) is 0 Å². The summed E-state index contributed by atoms with van der Waals surface area (Å²) < 4.78 is 5.06. The van der Waals surface area contributed by atoms with Gasteiger partial charge in [0.2, 0.25) is 0 Å². The van der Waals surface area contributed by atoms with Gasteiger partial charge >= 0.3 is 48.9 Å². The van der Waals surface area contributed by atoms with Crippen LogP contribution in [0.25, 0.3) is 0 Å². The molecule has 1 unspecified atom stereocenters. The molecule has 0 saturated carbocycles. The molecule has 0 radical (unpaired) electrons. The number of hydrogen-bond acceptors (Lipinski definition) is 3. The molecule has 3 heterocycles. The van der Waals surface area contributed by atoms with Gasteiger partial charge in [0, 0.05) is 13.2 Å². The van der Waals surface area contributed by atoms with Crippen molar-refractivity contribution in [2.45, 2.75) is 183 Å². The molecule has 0 bridgehead atoms. The summed E-state index contributed by atoms with van der Waals surface area (Å²) in [6, 6.07) is 0. The smallest absolute Gasteiger partial charge is 0.442 e. The van der Waals surface area contributed by atoms with Crippen LogP contribution in [0.3, 0.4) is 0 Å². The SMILES string of the molecule is CC1CCOC1.CCC(C)(C)c1nc(C(C)(C)C)c(C(C)(C)C)[n-]1.CCC(C)(C)c1nc(C(C)(C)C)c(C(C)(C)C)[n-]1.[Ba+2]. The summed E-state index contributed by atoms with van der Waals surface area (Å²) in [6.45, 7) is 44.1. The normalized spacial score (nSPS) is 16.6. The minimum Gasteiger partial charge on any atom is -0.442 e. The van der Waals surface area contributed by atoms with Gasteiger partial charge in [0.25, 0.3) is 0 Å². The first-order chi connectivity index (χ1) is 18.7. The van der Waals surface area contributed by atoms with Gasteiger partial charge in [-0.05, 0) is 57.7 Å². The van der Waals surface area contributed by atoms with Crippen LogP contribution in [0.1, 0.15) is 185 Å². The minimum absolute atomic E-state index is 0. The summed E-state index contributed by atoms with van der Waals surface area (Å²) in [5, 5.41) is 0. The predicted octanol–water partition coefficient (Wildman–Crippen LogP) is 9.30. The molecular formula is C37H68BaN4O. The molecule has 0 amide bonds. The van der Waals surface area contributed by atoms with Crippen LogP contribution in [0.4, 0.5) is 0 Å². The quantitative estimate of drug-likeness (QED) is 0.295. The van der Waals surface area contributed by atoms with Crippen molar-refractivity contribution in [2.24, 2.45) is 5.92 Å². The maximum Gasteiger partial charge on any atom is 2.00 e. The van der Waals surface area contributed by atoms with Crippen molar-refractivity contribution in [3.63, 3.8) is 0 Å². The number of hydrogen-bond donors (Lipinski definition) is 0. The maximum absolute atomic E-state index is 5.06. The molecule has 43 heavy (non-hydrogen) atoms. The van der Waals surface area contributed by atoms with E-state index in [0.29, 0.717) is 0 Å². The molecule has 0 N–H and O–H groups in total. The second-order valence-corrected chi connectivity index (χ2v) is 17.9. The first-order valence-corrected chi connectivity index (χ1v) is 16.4. The Morgan fingerprint density at radius 2 is 0.930 bits per heavy atom. The monoisotopic (exact) mass is 722 g/mol. The topological polar surface area (TPSA) is 63.2 Å². The Hall–Kier alpha value is -0.0486.